The van der Waals surface area contributed by atoms with E-state index in [9.17, 15) is 9.59 Å². The summed E-state index contributed by atoms with van der Waals surface area (Å²) in [6.45, 7) is 0. The van der Waals surface area contributed by atoms with E-state index in [4.69, 9.17) is 11.5 Å². The highest BCUT2D eigenvalue weighted by Crippen LogP contribution is 2.17. The largest absolute Gasteiger partial charge is 0.344 e. The van der Waals surface area contributed by atoms with E-state index < -0.39 is 24.7 Å². The summed E-state index contributed by atoms with van der Waals surface area (Å²) in [7, 11) is 0. The number of carbonyl (C=O) groups is 2. The lowest BCUT2D eigenvalue weighted by Gasteiger charge is -2.42. The summed E-state index contributed by atoms with van der Waals surface area (Å²) in [5, 5.41) is 5.82. The number of rotatable bonds is 2. The molecule has 4 atom stereocenters. The fraction of sp³-hybridized carbons (Fsp3) is 0.500. The van der Waals surface area contributed by atoms with Crippen LogP contribution >= 0.6 is 0 Å². The summed E-state index contributed by atoms with van der Waals surface area (Å²) in [5.74, 6) is 0.640. The van der Waals surface area contributed by atoms with Crippen molar-refractivity contribution < 1.29 is 19.6 Å². The molecule has 10 nitrogen and oxygen atoms in total. The minimum absolute atomic E-state index is 0.320. The first kappa shape index (κ1) is 10.6. The van der Waals surface area contributed by atoms with Crippen LogP contribution in [0, 0.1) is 0 Å². The van der Waals surface area contributed by atoms with Crippen molar-refractivity contribution in [3.8, 4) is 0 Å². The van der Waals surface area contributed by atoms with E-state index in [0.717, 1.165) is 0 Å². The molecule has 2 amide bonds. The second-order valence-electron chi connectivity index (χ2n) is 4.29. The molecule has 0 radical (unpaired) electrons. The standard InChI is InChI=1S/C8H12N8O2/c9-7-11-3-5(13-7)16(2-18)6-4(15(3)1-17)12-8(10)14-6/h1-6H,(H3,9,11,13)(H3,10,12,14)/p+2/t3-,4-,5-,6-/m1/s1. The fourth-order valence-corrected chi connectivity index (χ4v) is 2.59. The van der Waals surface area contributed by atoms with Crippen molar-refractivity contribution in [2.45, 2.75) is 24.7 Å². The number of fused-ring (bicyclic) bond motifs is 2. The molecule has 3 rings (SSSR count). The number of nitrogens with two attached hydrogens (primary N) is 2. The van der Waals surface area contributed by atoms with Gasteiger partial charge in [-0.05, 0) is 0 Å². The van der Waals surface area contributed by atoms with E-state index in [1.165, 1.54) is 9.80 Å². The Bertz CT molecular complexity index is 428. The smallest absolute Gasteiger partial charge is 0.291 e. The number of carbonyl (C=O) groups excluding carboxylic acids is 2. The second kappa shape index (κ2) is 3.48. The van der Waals surface area contributed by atoms with Gasteiger partial charge in [0.25, 0.3) is 0 Å². The molecule has 3 aliphatic rings. The Morgan fingerprint density at radius 3 is 1.78 bits per heavy atom. The highest BCUT2D eigenvalue weighted by molar-refractivity contribution is 5.76. The number of amides is 2. The number of nitrogens with zero attached hydrogens (tertiary/aromatic N) is 2. The lowest BCUT2D eigenvalue weighted by atomic mass is 10.1. The lowest BCUT2D eigenvalue weighted by Crippen LogP contribution is -2.95. The van der Waals surface area contributed by atoms with Gasteiger partial charge in [0.05, 0.1) is 0 Å². The van der Waals surface area contributed by atoms with Gasteiger partial charge in [0.1, 0.15) is 0 Å². The van der Waals surface area contributed by atoms with Crippen LogP contribution in [0.4, 0.5) is 0 Å². The third-order valence-corrected chi connectivity index (χ3v) is 3.34. The van der Waals surface area contributed by atoms with E-state index >= 15 is 0 Å². The Labute approximate surface area is 102 Å². The molecule has 3 aliphatic heterocycles. The molecule has 0 spiro atoms. The van der Waals surface area contributed by atoms with Gasteiger partial charge in [0, 0.05) is 0 Å². The van der Waals surface area contributed by atoms with Gasteiger partial charge in [-0.1, -0.05) is 0 Å². The van der Waals surface area contributed by atoms with Crippen LogP contribution < -0.4 is 32.1 Å². The van der Waals surface area contributed by atoms with Crippen LogP contribution in [0.5, 0.6) is 0 Å². The quantitative estimate of drug-likeness (QED) is 0.270. The maximum atomic E-state index is 11.2. The monoisotopic (exact) mass is 254 g/mol. The molecule has 0 bridgehead atoms. The van der Waals surface area contributed by atoms with E-state index in [0.29, 0.717) is 24.7 Å². The van der Waals surface area contributed by atoms with Gasteiger partial charge in [-0.25, -0.2) is 0 Å². The van der Waals surface area contributed by atoms with Gasteiger partial charge in [-0.3, -0.25) is 51.5 Å². The number of hydrogen-bond donors (Lipinski definition) is 6. The summed E-state index contributed by atoms with van der Waals surface area (Å²) in [5.41, 5.74) is 11.3. The van der Waals surface area contributed by atoms with Gasteiger partial charge in [-0.15, -0.1) is 0 Å². The number of nitrogens with one attached hydrogen (secondary N) is 4. The molecule has 18 heavy (non-hydrogen) atoms. The van der Waals surface area contributed by atoms with Crippen molar-refractivity contribution in [3.63, 3.8) is 0 Å². The third-order valence-electron chi connectivity index (χ3n) is 3.34. The van der Waals surface area contributed by atoms with Crippen molar-refractivity contribution in [1.29, 1.82) is 0 Å². The molecular weight excluding hydrogens is 240 g/mol. The van der Waals surface area contributed by atoms with Gasteiger partial charge >= 0.3 is 11.9 Å². The molecule has 3 heterocycles. The number of hydrogen-bond acceptors (Lipinski definition) is 6. The summed E-state index contributed by atoms with van der Waals surface area (Å²) in [4.78, 5) is 31.3. The summed E-state index contributed by atoms with van der Waals surface area (Å²) in [6.07, 6.45) is -0.359. The van der Waals surface area contributed by atoms with Crippen LogP contribution in [0.25, 0.3) is 0 Å². The third kappa shape index (κ3) is 1.22. The Kier molecular flexibility index (Phi) is 2.06. The van der Waals surface area contributed by atoms with Crippen molar-refractivity contribution in [2.24, 2.45) is 11.5 Å². The highest BCUT2D eigenvalue weighted by Gasteiger charge is 2.56. The van der Waals surface area contributed by atoms with Crippen LogP contribution in [-0.2, 0) is 9.59 Å². The van der Waals surface area contributed by atoms with E-state index in [2.05, 4.69) is 20.6 Å². The van der Waals surface area contributed by atoms with Crippen LogP contribution in [0.15, 0.2) is 0 Å². The Balaban J connectivity index is 2.01. The molecular formula is C8H14N8O2+2. The minimum Gasteiger partial charge on any atom is -0.291 e. The molecule has 0 saturated carbocycles. The SMILES string of the molecule is NC1=[NH+][C@H]2[C@H](N1)N(C=O)[C@H]1NC(N)=[NH+][C@@H]1N2C=O. The Morgan fingerprint density at radius 1 is 0.944 bits per heavy atom. The average molecular weight is 254 g/mol. The second-order valence-corrected chi connectivity index (χ2v) is 4.29. The zero-order valence-corrected chi connectivity index (χ0v) is 9.33. The molecule has 1 fully saturated rings. The Hall–Kier alpha value is -2.52. The Morgan fingerprint density at radius 2 is 1.39 bits per heavy atom. The van der Waals surface area contributed by atoms with Gasteiger partial charge < -0.3 is 0 Å². The predicted octanol–water partition coefficient (Wildman–Crippen LogP) is -7.78. The molecule has 0 unspecified atom stereocenters. The van der Waals surface area contributed by atoms with E-state index in [1.807, 2.05) is 0 Å². The summed E-state index contributed by atoms with van der Waals surface area (Å²) >= 11 is 0. The maximum absolute atomic E-state index is 11.2. The topological polar surface area (TPSA) is 145 Å². The molecule has 1 saturated heterocycles. The molecule has 0 aliphatic carbocycles. The molecule has 0 aromatic rings. The molecule has 96 valence electrons. The predicted molar refractivity (Wildman–Crippen MR) is 57.5 cm³/mol. The van der Waals surface area contributed by atoms with E-state index in [-0.39, 0.29) is 0 Å². The van der Waals surface area contributed by atoms with E-state index in [1.54, 1.807) is 0 Å². The normalized spacial score (nSPS) is 36.9. The lowest BCUT2D eigenvalue weighted by molar-refractivity contribution is -0.593. The van der Waals surface area contributed by atoms with Crippen LogP contribution in [0.2, 0.25) is 0 Å². The summed E-state index contributed by atoms with van der Waals surface area (Å²) < 4.78 is 0. The number of guanidine groups is 2. The first-order chi connectivity index (χ1) is 8.65. The maximum Gasteiger partial charge on any atom is 0.344 e. The van der Waals surface area contributed by atoms with Gasteiger partial charge in [-0.2, -0.15) is 0 Å². The van der Waals surface area contributed by atoms with Crippen molar-refractivity contribution >= 4 is 24.7 Å². The van der Waals surface area contributed by atoms with Crippen LogP contribution in [0.3, 0.4) is 0 Å². The first-order valence-electron chi connectivity index (χ1n) is 5.42. The van der Waals surface area contributed by atoms with Crippen LogP contribution in [-0.4, -0.2) is 59.2 Å². The zero-order chi connectivity index (χ0) is 12.9. The van der Waals surface area contributed by atoms with Crippen molar-refractivity contribution in [1.82, 2.24) is 20.4 Å². The highest BCUT2D eigenvalue weighted by atomic mass is 16.1. The number of piperazine rings is 1. The van der Waals surface area contributed by atoms with Gasteiger partial charge in [0.2, 0.25) is 37.5 Å². The first-order valence-corrected chi connectivity index (χ1v) is 5.42. The van der Waals surface area contributed by atoms with Crippen LogP contribution in [0.1, 0.15) is 0 Å². The molecule has 10 heteroatoms. The van der Waals surface area contributed by atoms with Gasteiger partial charge in [0.15, 0.2) is 0 Å². The van der Waals surface area contributed by atoms with Crippen molar-refractivity contribution in [3.05, 3.63) is 0 Å². The molecule has 0 aromatic heterocycles. The van der Waals surface area contributed by atoms with Crippen molar-refractivity contribution in [2.75, 3.05) is 0 Å². The average Bonchev–Trinajstić information content (AvgIpc) is 2.87. The summed E-state index contributed by atoms with van der Waals surface area (Å²) in [6, 6.07) is 0. The fourth-order valence-electron chi connectivity index (χ4n) is 2.59. The molecule has 8 N–H and O–H groups in total. The minimum atomic E-state index is -0.436. The zero-order valence-electron chi connectivity index (χ0n) is 9.33. The molecule has 0 aromatic carbocycles.